The van der Waals surface area contributed by atoms with Gasteiger partial charge in [-0.2, -0.15) is 5.10 Å². The van der Waals surface area contributed by atoms with Crippen molar-refractivity contribution in [1.29, 1.82) is 0 Å². The monoisotopic (exact) mass is 357 g/mol. The molecule has 0 unspecified atom stereocenters. The van der Waals surface area contributed by atoms with Crippen LogP contribution < -0.4 is 10.1 Å². The molecule has 1 heterocycles. The van der Waals surface area contributed by atoms with Crippen LogP contribution >= 0.6 is 0 Å². The van der Waals surface area contributed by atoms with Crippen molar-refractivity contribution in [1.82, 2.24) is 10.3 Å². The van der Waals surface area contributed by atoms with Gasteiger partial charge in [0.2, 0.25) is 11.8 Å². The summed E-state index contributed by atoms with van der Waals surface area (Å²) in [5, 5.41) is 8.84. The highest BCUT2D eigenvalue weighted by Gasteiger charge is 2.26. The van der Waals surface area contributed by atoms with Crippen molar-refractivity contribution in [3.63, 3.8) is 0 Å². The number of hydrogen-bond donors (Lipinski definition) is 1. The second-order valence-electron chi connectivity index (χ2n) is 7.16. The fraction of sp³-hybridized carbons (Fsp3) is 0.550. The Hall–Kier alpha value is -2.37. The minimum atomic E-state index is -0.128. The van der Waals surface area contributed by atoms with Crippen LogP contribution in [0.25, 0.3) is 0 Å². The second-order valence-corrected chi connectivity index (χ2v) is 7.16. The number of nitrogens with one attached hydrogen (secondary N) is 1. The van der Waals surface area contributed by atoms with Crippen molar-refractivity contribution < 1.29 is 14.3 Å². The summed E-state index contributed by atoms with van der Waals surface area (Å²) in [6, 6.07) is 7.80. The average molecular weight is 357 g/mol. The van der Waals surface area contributed by atoms with Crippen LogP contribution in [0, 0.1) is 5.92 Å². The Morgan fingerprint density at radius 2 is 1.96 bits per heavy atom. The first-order valence-electron chi connectivity index (χ1n) is 9.38. The van der Waals surface area contributed by atoms with Gasteiger partial charge in [0.25, 0.3) is 0 Å². The highest BCUT2D eigenvalue weighted by atomic mass is 16.5. The molecule has 6 heteroatoms. The third kappa shape index (κ3) is 4.42. The van der Waals surface area contributed by atoms with Crippen molar-refractivity contribution in [3.8, 4) is 5.75 Å². The minimum absolute atomic E-state index is 0.0122. The average Bonchev–Trinajstić information content (AvgIpc) is 2.65. The van der Waals surface area contributed by atoms with Crippen LogP contribution in [0.3, 0.4) is 0 Å². The number of rotatable bonds is 5. The summed E-state index contributed by atoms with van der Waals surface area (Å²) < 4.78 is 5.17. The van der Waals surface area contributed by atoms with Crippen molar-refractivity contribution in [2.24, 2.45) is 11.0 Å². The molecule has 2 aliphatic rings. The molecule has 0 saturated heterocycles. The van der Waals surface area contributed by atoms with E-state index < -0.39 is 0 Å². The van der Waals surface area contributed by atoms with Gasteiger partial charge in [0.1, 0.15) is 12.3 Å². The van der Waals surface area contributed by atoms with Gasteiger partial charge in [-0.15, -0.1) is 0 Å². The van der Waals surface area contributed by atoms with Gasteiger partial charge >= 0.3 is 0 Å². The van der Waals surface area contributed by atoms with E-state index in [4.69, 9.17) is 4.74 Å². The zero-order valence-electron chi connectivity index (χ0n) is 15.5. The summed E-state index contributed by atoms with van der Waals surface area (Å²) in [4.78, 5) is 24.6. The number of hydrazone groups is 1. The first-order valence-corrected chi connectivity index (χ1v) is 9.38. The molecule has 6 nitrogen and oxygen atoms in total. The first-order chi connectivity index (χ1) is 12.6. The molecule has 2 amide bonds. The van der Waals surface area contributed by atoms with E-state index in [0.717, 1.165) is 36.3 Å². The van der Waals surface area contributed by atoms with E-state index in [1.165, 1.54) is 11.4 Å². The number of amides is 2. The maximum atomic E-state index is 12.4. The quantitative estimate of drug-likeness (QED) is 0.881. The first kappa shape index (κ1) is 18.4. The Morgan fingerprint density at radius 3 is 2.65 bits per heavy atom. The molecule has 0 spiro atoms. The van der Waals surface area contributed by atoms with Gasteiger partial charge in [-0.05, 0) is 48.6 Å². The molecule has 26 heavy (non-hydrogen) atoms. The van der Waals surface area contributed by atoms with Crippen LogP contribution in [0.15, 0.2) is 29.4 Å². The molecule has 0 bridgehead atoms. The lowest BCUT2D eigenvalue weighted by atomic mass is 9.86. The molecule has 0 aromatic heterocycles. The fourth-order valence-corrected chi connectivity index (χ4v) is 3.63. The van der Waals surface area contributed by atoms with E-state index in [2.05, 4.69) is 17.3 Å². The molecule has 1 aliphatic heterocycles. The molecule has 1 saturated carbocycles. The maximum Gasteiger partial charge on any atom is 0.243 e. The molecule has 1 fully saturated rings. The Labute approximate surface area is 154 Å². The third-order valence-corrected chi connectivity index (χ3v) is 5.28. The van der Waals surface area contributed by atoms with Gasteiger partial charge in [-0.1, -0.05) is 19.8 Å². The number of methoxy groups -OCH3 is 1. The highest BCUT2D eigenvalue weighted by Crippen LogP contribution is 2.24. The summed E-state index contributed by atoms with van der Waals surface area (Å²) in [6.07, 6.45) is 5.50. The van der Waals surface area contributed by atoms with Crippen molar-refractivity contribution in [3.05, 3.63) is 29.8 Å². The zero-order chi connectivity index (χ0) is 18.5. The van der Waals surface area contributed by atoms with E-state index in [1.807, 2.05) is 24.3 Å². The largest absolute Gasteiger partial charge is 0.497 e. The van der Waals surface area contributed by atoms with Gasteiger partial charge in [0.15, 0.2) is 0 Å². The third-order valence-electron chi connectivity index (χ3n) is 5.28. The minimum Gasteiger partial charge on any atom is -0.497 e. The van der Waals surface area contributed by atoms with Gasteiger partial charge in [-0.3, -0.25) is 9.59 Å². The Bertz CT molecular complexity index is 684. The summed E-state index contributed by atoms with van der Waals surface area (Å²) >= 11 is 0. The molecule has 1 aromatic rings. The van der Waals surface area contributed by atoms with E-state index in [0.29, 0.717) is 18.8 Å². The van der Waals surface area contributed by atoms with Crippen LogP contribution in [0.1, 0.15) is 51.0 Å². The lowest BCUT2D eigenvalue weighted by Crippen LogP contribution is -2.46. The summed E-state index contributed by atoms with van der Waals surface area (Å²) in [6.45, 7) is 2.16. The summed E-state index contributed by atoms with van der Waals surface area (Å²) in [5.74, 6) is 1.04. The molecule has 3 rings (SSSR count). The molecule has 2 atom stereocenters. The van der Waals surface area contributed by atoms with Gasteiger partial charge < -0.3 is 10.1 Å². The van der Waals surface area contributed by atoms with Crippen molar-refractivity contribution in [2.45, 2.75) is 51.5 Å². The van der Waals surface area contributed by atoms with E-state index in [-0.39, 0.29) is 24.4 Å². The maximum absolute atomic E-state index is 12.4. The topological polar surface area (TPSA) is 71.0 Å². The number of hydrogen-bond acceptors (Lipinski definition) is 4. The molecule has 0 radical (unpaired) electrons. The standard InChI is InChI=1S/C20H27N3O3/c1-14-5-3-4-6-17(14)21-19(24)13-23-20(25)12-11-18(22-23)15-7-9-16(26-2)10-8-15/h7-10,14,17H,3-6,11-13H2,1-2H3,(H,21,24)/t14-,17-/m1/s1. The Balaban J connectivity index is 1.65. The lowest BCUT2D eigenvalue weighted by molar-refractivity contribution is -0.136. The number of benzene rings is 1. The van der Waals surface area contributed by atoms with E-state index in [9.17, 15) is 9.59 Å². The number of ether oxygens (including phenoxy) is 1. The van der Waals surface area contributed by atoms with Gasteiger partial charge in [0, 0.05) is 18.9 Å². The molecule has 1 N–H and O–H groups in total. The van der Waals surface area contributed by atoms with Gasteiger partial charge in [0.05, 0.1) is 12.8 Å². The Morgan fingerprint density at radius 1 is 1.23 bits per heavy atom. The van der Waals surface area contributed by atoms with Crippen LogP contribution in [-0.4, -0.2) is 42.2 Å². The molecule has 1 aromatic carbocycles. The predicted molar refractivity (Wildman–Crippen MR) is 100 cm³/mol. The highest BCUT2D eigenvalue weighted by molar-refractivity contribution is 6.04. The molecule has 1 aliphatic carbocycles. The summed E-state index contributed by atoms with van der Waals surface area (Å²) in [5.41, 5.74) is 1.77. The smallest absolute Gasteiger partial charge is 0.243 e. The van der Waals surface area contributed by atoms with Crippen LogP contribution in [0.5, 0.6) is 5.75 Å². The number of nitrogens with zero attached hydrogens (tertiary/aromatic N) is 2. The molecular formula is C20H27N3O3. The van der Waals surface area contributed by atoms with E-state index >= 15 is 0 Å². The predicted octanol–water partition coefficient (Wildman–Crippen LogP) is 2.72. The molecule has 140 valence electrons. The SMILES string of the molecule is COc1ccc(C2=NN(CC(=O)N[C@@H]3CCCC[C@H]3C)C(=O)CC2)cc1. The molecular weight excluding hydrogens is 330 g/mol. The van der Waals surface area contributed by atoms with Crippen LogP contribution in [-0.2, 0) is 9.59 Å². The Kier molecular flexibility index (Phi) is 5.91. The number of carbonyl (C=O) groups excluding carboxylic acids is 2. The zero-order valence-corrected chi connectivity index (χ0v) is 15.5. The van der Waals surface area contributed by atoms with Crippen molar-refractivity contribution in [2.75, 3.05) is 13.7 Å². The second kappa shape index (κ2) is 8.34. The van der Waals surface area contributed by atoms with Crippen LogP contribution in [0.4, 0.5) is 0 Å². The van der Waals surface area contributed by atoms with Crippen molar-refractivity contribution >= 4 is 17.5 Å². The lowest BCUT2D eigenvalue weighted by Gasteiger charge is -2.30. The summed E-state index contributed by atoms with van der Waals surface area (Å²) in [7, 11) is 1.62. The van der Waals surface area contributed by atoms with Gasteiger partial charge in [-0.25, -0.2) is 5.01 Å². The fourth-order valence-electron chi connectivity index (χ4n) is 3.63. The number of carbonyl (C=O) groups is 2. The normalized spacial score (nSPS) is 23.4. The van der Waals surface area contributed by atoms with E-state index in [1.54, 1.807) is 7.11 Å². The van der Waals surface area contributed by atoms with Crippen LogP contribution in [0.2, 0.25) is 0 Å².